The number of methoxy groups -OCH3 is 3. The maximum atomic E-state index is 5.64. The monoisotopic (exact) mass is 362 g/mol. The molecule has 144 valence electrons. The van der Waals surface area contributed by atoms with Gasteiger partial charge in [-0.05, 0) is 31.4 Å². The lowest BCUT2D eigenvalue weighted by Crippen LogP contribution is -3.27. The molecular weight excluding hydrogens is 328 g/mol. The largest absolute Gasteiger partial charge is 0.493 e. The van der Waals surface area contributed by atoms with Crippen LogP contribution in [0.3, 0.4) is 0 Å². The average Bonchev–Trinajstić information content (AvgIpc) is 2.69. The van der Waals surface area contributed by atoms with Gasteiger partial charge < -0.3 is 24.0 Å². The van der Waals surface area contributed by atoms with E-state index in [1.807, 2.05) is 6.07 Å². The van der Waals surface area contributed by atoms with Crippen LogP contribution in [0.15, 0.2) is 24.3 Å². The Bertz CT molecular complexity index is 610. The van der Waals surface area contributed by atoms with Crippen LogP contribution in [0.1, 0.15) is 24.8 Å². The van der Waals surface area contributed by atoms with Crippen molar-refractivity contribution in [2.75, 3.05) is 54.1 Å². The summed E-state index contributed by atoms with van der Waals surface area (Å²) >= 11 is 0. The molecule has 26 heavy (non-hydrogen) atoms. The zero-order valence-electron chi connectivity index (χ0n) is 16.5. The van der Waals surface area contributed by atoms with Gasteiger partial charge in [-0.2, -0.15) is 0 Å². The Hall–Kier alpha value is -1.72. The minimum Gasteiger partial charge on any atom is -0.493 e. The number of ether oxygens (including phenoxy) is 3. The molecule has 1 aliphatic heterocycles. The Labute approximate surface area is 157 Å². The van der Waals surface area contributed by atoms with Crippen molar-refractivity contribution in [1.29, 1.82) is 0 Å². The fourth-order valence-electron chi connectivity index (χ4n) is 4.36. The van der Waals surface area contributed by atoms with E-state index in [9.17, 15) is 0 Å². The minimum atomic E-state index is 0.696. The molecule has 0 radical (unpaired) electrons. The van der Waals surface area contributed by atoms with Gasteiger partial charge in [-0.25, -0.2) is 0 Å². The molecule has 1 aromatic rings. The first-order valence-corrected chi connectivity index (χ1v) is 9.85. The van der Waals surface area contributed by atoms with E-state index < -0.39 is 0 Å². The van der Waals surface area contributed by atoms with Gasteiger partial charge in [-0.3, -0.25) is 0 Å². The van der Waals surface area contributed by atoms with Crippen LogP contribution in [0, 0.1) is 5.92 Å². The predicted octanol–water partition coefficient (Wildman–Crippen LogP) is 0.352. The SMILES string of the molecule is COc1ccc(C[NH+]2CC[NH+](C[C@H]3CC=CCC3)CC2)c(OC)c1OC. The van der Waals surface area contributed by atoms with Crippen molar-refractivity contribution in [1.82, 2.24) is 0 Å². The van der Waals surface area contributed by atoms with E-state index in [2.05, 4.69) is 18.2 Å². The fraction of sp³-hybridized carbons (Fsp3) is 0.619. The molecule has 0 bridgehead atoms. The second-order valence-corrected chi connectivity index (χ2v) is 7.52. The number of benzene rings is 1. The van der Waals surface area contributed by atoms with E-state index >= 15 is 0 Å². The summed E-state index contributed by atoms with van der Waals surface area (Å²) in [5.41, 5.74) is 1.20. The van der Waals surface area contributed by atoms with E-state index in [1.54, 1.807) is 31.1 Å². The Morgan fingerprint density at radius 2 is 1.62 bits per heavy atom. The predicted molar refractivity (Wildman–Crippen MR) is 103 cm³/mol. The lowest BCUT2D eigenvalue weighted by molar-refractivity contribution is -1.02. The molecule has 1 atom stereocenters. The third-order valence-corrected chi connectivity index (χ3v) is 5.85. The molecule has 3 rings (SSSR count). The van der Waals surface area contributed by atoms with Gasteiger partial charge in [-0.1, -0.05) is 12.2 Å². The molecular formula is C21H34N2O3+2. The van der Waals surface area contributed by atoms with Gasteiger partial charge in [0.25, 0.3) is 0 Å². The number of quaternary nitrogens is 2. The summed E-state index contributed by atoms with van der Waals surface area (Å²) in [5.74, 6) is 3.12. The first-order chi connectivity index (χ1) is 12.7. The molecule has 0 amide bonds. The van der Waals surface area contributed by atoms with E-state index in [1.165, 1.54) is 57.5 Å². The quantitative estimate of drug-likeness (QED) is 0.688. The second-order valence-electron chi connectivity index (χ2n) is 7.52. The highest BCUT2D eigenvalue weighted by Gasteiger charge is 2.27. The van der Waals surface area contributed by atoms with Gasteiger partial charge in [-0.15, -0.1) is 0 Å². The minimum absolute atomic E-state index is 0.696. The summed E-state index contributed by atoms with van der Waals surface area (Å²) in [6.07, 6.45) is 8.64. The summed E-state index contributed by atoms with van der Waals surface area (Å²) < 4.78 is 16.6. The lowest BCUT2D eigenvalue weighted by atomic mass is 9.94. The van der Waals surface area contributed by atoms with Crippen molar-refractivity contribution in [2.24, 2.45) is 5.92 Å². The molecule has 1 fully saturated rings. The van der Waals surface area contributed by atoms with Crippen LogP contribution in [0.5, 0.6) is 17.2 Å². The van der Waals surface area contributed by atoms with Gasteiger partial charge in [0.2, 0.25) is 5.75 Å². The van der Waals surface area contributed by atoms with Crippen molar-refractivity contribution in [3.05, 3.63) is 29.8 Å². The molecule has 1 aromatic carbocycles. The van der Waals surface area contributed by atoms with Crippen molar-refractivity contribution in [2.45, 2.75) is 25.8 Å². The van der Waals surface area contributed by atoms with Crippen molar-refractivity contribution in [3.63, 3.8) is 0 Å². The summed E-state index contributed by atoms with van der Waals surface area (Å²) in [7, 11) is 5.03. The van der Waals surface area contributed by atoms with E-state index in [0.717, 1.165) is 24.0 Å². The molecule has 0 aromatic heterocycles. The highest BCUT2D eigenvalue weighted by atomic mass is 16.5. The first-order valence-electron chi connectivity index (χ1n) is 9.85. The number of hydrogen-bond acceptors (Lipinski definition) is 3. The third-order valence-electron chi connectivity index (χ3n) is 5.85. The second kappa shape index (κ2) is 9.28. The van der Waals surface area contributed by atoms with E-state index in [4.69, 9.17) is 14.2 Å². The number of nitrogens with one attached hydrogen (secondary N) is 2. The highest BCUT2D eigenvalue weighted by Crippen LogP contribution is 2.39. The third kappa shape index (κ3) is 4.51. The Kier molecular flexibility index (Phi) is 6.80. The molecule has 5 heteroatoms. The van der Waals surface area contributed by atoms with Crippen LogP contribution in [-0.2, 0) is 6.54 Å². The van der Waals surface area contributed by atoms with Gasteiger partial charge in [0.05, 0.1) is 33.4 Å². The topological polar surface area (TPSA) is 36.6 Å². The highest BCUT2D eigenvalue weighted by molar-refractivity contribution is 5.55. The van der Waals surface area contributed by atoms with Crippen molar-refractivity contribution < 1.29 is 24.0 Å². The van der Waals surface area contributed by atoms with Crippen LogP contribution in [-0.4, -0.2) is 54.1 Å². The Morgan fingerprint density at radius 1 is 0.885 bits per heavy atom. The van der Waals surface area contributed by atoms with Crippen molar-refractivity contribution in [3.8, 4) is 17.2 Å². The molecule has 0 unspecified atom stereocenters. The average molecular weight is 363 g/mol. The molecule has 2 N–H and O–H groups in total. The fourth-order valence-corrected chi connectivity index (χ4v) is 4.36. The van der Waals surface area contributed by atoms with E-state index in [-0.39, 0.29) is 0 Å². The molecule has 0 spiro atoms. The van der Waals surface area contributed by atoms with Crippen LogP contribution in [0.4, 0.5) is 0 Å². The summed E-state index contributed by atoms with van der Waals surface area (Å²) in [6, 6.07) is 4.09. The normalized spacial score (nSPS) is 25.7. The zero-order valence-corrected chi connectivity index (χ0v) is 16.5. The number of piperazine rings is 1. The van der Waals surface area contributed by atoms with Gasteiger partial charge in [0.1, 0.15) is 32.7 Å². The maximum absolute atomic E-state index is 5.64. The lowest BCUT2D eigenvalue weighted by Gasteiger charge is -2.32. The van der Waals surface area contributed by atoms with Crippen molar-refractivity contribution >= 4 is 0 Å². The molecule has 0 saturated carbocycles. The van der Waals surface area contributed by atoms with Crippen LogP contribution in [0.2, 0.25) is 0 Å². The molecule has 2 aliphatic rings. The van der Waals surface area contributed by atoms with E-state index in [0.29, 0.717) is 5.75 Å². The standard InChI is InChI=1S/C21H32N2O3/c1-24-19-10-9-18(20(25-2)21(19)26-3)16-23-13-11-22(12-14-23)15-17-7-5-4-6-8-17/h4-5,9-10,17H,6-8,11-16H2,1-3H3/p+2/t17-/m0/s1. The van der Waals surface area contributed by atoms with Gasteiger partial charge in [0.15, 0.2) is 11.5 Å². The van der Waals surface area contributed by atoms with Gasteiger partial charge >= 0.3 is 0 Å². The summed E-state index contributed by atoms with van der Waals surface area (Å²) in [4.78, 5) is 3.41. The summed E-state index contributed by atoms with van der Waals surface area (Å²) in [6.45, 7) is 7.29. The Balaban J connectivity index is 1.56. The Morgan fingerprint density at radius 3 is 2.23 bits per heavy atom. The van der Waals surface area contributed by atoms with Crippen LogP contribution in [0.25, 0.3) is 0 Å². The molecule has 1 saturated heterocycles. The molecule has 1 aliphatic carbocycles. The smallest absolute Gasteiger partial charge is 0.203 e. The number of allylic oxidation sites excluding steroid dienone is 2. The molecule has 1 heterocycles. The number of rotatable bonds is 7. The molecule has 5 nitrogen and oxygen atoms in total. The van der Waals surface area contributed by atoms with Gasteiger partial charge in [0, 0.05) is 5.92 Å². The number of hydrogen-bond donors (Lipinski definition) is 2. The zero-order chi connectivity index (χ0) is 18.4. The first kappa shape index (κ1) is 19.1. The summed E-state index contributed by atoms with van der Waals surface area (Å²) in [5, 5.41) is 0. The maximum Gasteiger partial charge on any atom is 0.203 e. The van der Waals surface area contributed by atoms with Crippen LogP contribution >= 0.6 is 0 Å². The van der Waals surface area contributed by atoms with Crippen LogP contribution < -0.4 is 24.0 Å².